The van der Waals surface area contributed by atoms with Crippen molar-refractivity contribution in [2.75, 3.05) is 38.0 Å². The lowest BCUT2D eigenvalue weighted by molar-refractivity contribution is -0.117. The van der Waals surface area contributed by atoms with E-state index in [1.807, 2.05) is 29.7 Å². The topological polar surface area (TPSA) is 118 Å². The molecule has 0 saturated carbocycles. The molecule has 1 fully saturated rings. The van der Waals surface area contributed by atoms with Crippen LogP contribution in [-0.4, -0.2) is 69.6 Å². The number of anilines is 1. The molecule has 10 nitrogen and oxygen atoms in total. The molecule has 3 aromatic heterocycles. The van der Waals surface area contributed by atoms with E-state index in [2.05, 4.69) is 20.6 Å². The van der Waals surface area contributed by atoms with Crippen molar-refractivity contribution in [2.24, 2.45) is 0 Å². The van der Waals surface area contributed by atoms with Gasteiger partial charge < -0.3 is 19.3 Å². The predicted molar refractivity (Wildman–Crippen MR) is 122 cm³/mol. The van der Waals surface area contributed by atoms with Crippen LogP contribution in [0.4, 0.5) is 5.82 Å². The molecule has 1 N–H and O–H groups in total. The first-order valence-electron chi connectivity index (χ1n) is 10.6. The highest BCUT2D eigenvalue weighted by Crippen LogP contribution is 2.28. The van der Waals surface area contributed by atoms with Crippen molar-refractivity contribution in [3.63, 3.8) is 0 Å². The molecule has 1 saturated heterocycles. The molecule has 1 aliphatic rings. The van der Waals surface area contributed by atoms with Crippen molar-refractivity contribution in [2.45, 2.75) is 31.6 Å². The lowest BCUT2D eigenvalue weighted by Crippen LogP contribution is -2.50. The minimum absolute atomic E-state index is 0.0495. The molecule has 0 unspecified atom stereocenters. The summed E-state index contributed by atoms with van der Waals surface area (Å²) in [6.45, 7) is 8.09. The van der Waals surface area contributed by atoms with Gasteiger partial charge >= 0.3 is 0 Å². The molecule has 1 aliphatic heterocycles. The fraction of sp³-hybridized carbons (Fsp3) is 0.409. The number of aromatic nitrogens is 3. The Morgan fingerprint density at radius 1 is 1.12 bits per heavy atom. The third-order valence-corrected chi connectivity index (χ3v) is 6.49. The zero-order valence-corrected chi connectivity index (χ0v) is 19.6. The van der Waals surface area contributed by atoms with E-state index in [0.29, 0.717) is 54.1 Å². The zero-order valence-electron chi connectivity index (χ0n) is 18.8. The summed E-state index contributed by atoms with van der Waals surface area (Å²) in [5, 5.41) is 11.2. The van der Waals surface area contributed by atoms with Gasteiger partial charge in [-0.05, 0) is 32.9 Å². The molecule has 0 spiro atoms. The summed E-state index contributed by atoms with van der Waals surface area (Å²) >= 11 is 1.50. The number of nitrogens with zero attached hydrogens (tertiary/aromatic N) is 5. The molecule has 0 aromatic carbocycles. The summed E-state index contributed by atoms with van der Waals surface area (Å²) in [4.78, 5) is 33.7. The van der Waals surface area contributed by atoms with Gasteiger partial charge in [-0.25, -0.2) is 4.98 Å². The van der Waals surface area contributed by atoms with E-state index in [1.165, 1.54) is 11.8 Å². The summed E-state index contributed by atoms with van der Waals surface area (Å²) in [6.07, 6.45) is 1.69. The summed E-state index contributed by atoms with van der Waals surface area (Å²) in [6, 6.07) is 5.26. The molecule has 174 valence electrons. The third-order valence-electron chi connectivity index (χ3n) is 5.46. The molecule has 0 radical (unpaired) electrons. The number of nitrogens with one attached hydrogen (secondary N) is 1. The lowest BCUT2D eigenvalue weighted by atomic mass is 10.2. The zero-order chi connectivity index (χ0) is 23.4. The number of hydrogen-bond acceptors (Lipinski definition) is 9. The number of carbonyl (C=O) groups is 2. The Labute approximate surface area is 195 Å². The highest BCUT2D eigenvalue weighted by Gasteiger charge is 2.25. The molecule has 0 aliphatic carbocycles. The summed E-state index contributed by atoms with van der Waals surface area (Å²) in [7, 11) is 0. The normalized spacial score (nSPS) is 14.5. The number of thioether (sulfide) groups is 1. The van der Waals surface area contributed by atoms with Crippen LogP contribution in [0.25, 0.3) is 0 Å². The number of aryl methyl sites for hydroxylation is 3. The molecule has 11 heteroatoms. The summed E-state index contributed by atoms with van der Waals surface area (Å²) in [5.41, 5.74) is 2.46. The summed E-state index contributed by atoms with van der Waals surface area (Å²) < 4.78 is 10.2. The fourth-order valence-electron chi connectivity index (χ4n) is 3.61. The number of hydrogen-bond donors (Lipinski definition) is 1. The van der Waals surface area contributed by atoms with Crippen LogP contribution < -0.4 is 5.32 Å². The Bertz CT molecular complexity index is 1120. The second-order valence-electron chi connectivity index (χ2n) is 7.89. The van der Waals surface area contributed by atoms with Crippen LogP contribution in [0.15, 0.2) is 38.5 Å². The lowest BCUT2D eigenvalue weighted by Gasteiger charge is -2.34. The minimum atomic E-state index is -0.159. The third kappa shape index (κ3) is 5.60. The average molecular weight is 471 g/mol. The Balaban J connectivity index is 1.32. The van der Waals surface area contributed by atoms with E-state index >= 15 is 0 Å². The molecule has 2 amide bonds. The van der Waals surface area contributed by atoms with E-state index in [0.717, 1.165) is 17.0 Å². The molecule has 4 heterocycles. The Kier molecular flexibility index (Phi) is 7.09. The highest BCUT2D eigenvalue weighted by molar-refractivity contribution is 7.98. The SMILES string of the molecule is Cc1cc(NC(=O)CN2CCN(C(=O)c3cccnc3SCc3c(C)noc3C)CC2)no1. The van der Waals surface area contributed by atoms with Crippen LogP contribution in [0.5, 0.6) is 0 Å². The van der Waals surface area contributed by atoms with Gasteiger partial charge in [0.2, 0.25) is 5.91 Å². The van der Waals surface area contributed by atoms with Crippen molar-refractivity contribution in [1.82, 2.24) is 25.1 Å². The molecule has 4 rings (SSSR count). The van der Waals surface area contributed by atoms with Crippen molar-refractivity contribution >= 4 is 29.4 Å². The van der Waals surface area contributed by atoms with Gasteiger partial charge in [0.05, 0.1) is 17.8 Å². The monoisotopic (exact) mass is 470 g/mol. The van der Waals surface area contributed by atoms with E-state index in [-0.39, 0.29) is 18.4 Å². The van der Waals surface area contributed by atoms with E-state index in [1.54, 1.807) is 25.3 Å². The van der Waals surface area contributed by atoms with E-state index < -0.39 is 0 Å². The number of piperazine rings is 1. The van der Waals surface area contributed by atoms with Gasteiger partial charge in [0.15, 0.2) is 5.82 Å². The first-order chi connectivity index (χ1) is 15.9. The van der Waals surface area contributed by atoms with Gasteiger partial charge in [-0.2, -0.15) is 0 Å². The van der Waals surface area contributed by atoms with Gasteiger partial charge in [0.25, 0.3) is 5.91 Å². The molecular formula is C22H26N6O4S. The second-order valence-corrected chi connectivity index (χ2v) is 8.85. The van der Waals surface area contributed by atoms with Gasteiger partial charge in [-0.3, -0.25) is 14.5 Å². The maximum absolute atomic E-state index is 13.2. The summed E-state index contributed by atoms with van der Waals surface area (Å²) in [5.74, 6) is 2.25. The van der Waals surface area contributed by atoms with E-state index in [4.69, 9.17) is 9.05 Å². The van der Waals surface area contributed by atoms with Crippen molar-refractivity contribution in [1.29, 1.82) is 0 Å². The predicted octanol–water partition coefficient (Wildman–Crippen LogP) is 2.67. The maximum atomic E-state index is 13.2. The number of amides is 2. The number of pyridine rings is 1. The van der Waals surface area contributed by atoms with Crippen LogP contribution >= 0.6 is 11.8 Å². The Morgan fingerprint density at radius 2 is 1.91 bits per heavy atom. The van der Waals surface area contributed by atoms with E-state index in [9.17, 15) is 9.59 Å². The fourth-order valence-corrected chi connectivity index (χ4v) is 4.75. The van der Waals surface area contributed by atoms with Gasteiger partial charge in [0.1, 0.15) is 16.5 Å². The molecule has 33 heavy (non-hydrogen) atoms. The Morgan fingerprint density at radius 3 is 2.58 bits per heavy atom. The van der Waals surface area contributed by atoms with Crippen LogP contribution in [-0.2, 0) is 10.5 Å². The quantitative estimate of drug-likeness (QED) is 0.520. The maximum Gasteiger partial charge on any atom is 0.256 e. The largest absolute Gasteiger partial charge is 0.361 e. The number of rotatable bonds is 7. The smallest absolute Gasteiger partial charge is 0.256 e. The van der Waals surface area contributed by atoms with Crippen LogP contribution in [0.1, 0.15) is 33.1 Å². The Hall–Kier alpha value is -3.18. The standard InChI is InChI=1S/C22H26N6O4S/c1-14-11-19(26-31-14)24-20(29)12-27-7-9-28(10-8-27)22(30)17-5-4-6-23-21(17)33-13-18-15(2)25-32-16(18)3/h4-6,11H,7-10,12-13H2,1-3H3,(H,24,26,29). The van der Waals surface area contributed by atoms with Crippen molar-refractivity contribution in [3.8, 4) is 0 Å². The van der Waals surface area contributed by atoms with Crippen molar-refractivity contribution in [3.05, 3.63) is 52.7 Å². The molecular weight excluding hydrogens is 444 g/mol. The molecule has 0 bridgehead atoms. The molecule has 3 aromatic rings. The highest BCUT2D eigenvalue weighted by atomic mass is 32.2. The first-order valence-corrected chi connectivity index (χ1v) is 11.6. The van der Waals surface area contributed by atoms with Crippen LogP contribution in [0, 0.1) is 20.8 Å². The van der Waals surface area contributed by atoms with Crippen molar-refractivity contribution < 1.29 is 18.6 Å². The number of carbonyl (C=O) groups excluding carboxylic acids is 2. The van der Waals surface area contributed by atoms with Crippen LogP contribution in [0.2, 0.25) is 0 Å². The average Bonchev–Trinajstić information content (AvgIpc) is 3.36. The molecule has 0 atom stereocenters. The van der Waals surface area contributed by atoms with Crippen LogP contribution in [0.3, 0.4) is 0 Å². The van der Waals surface area contributed by atoms with Gasteiger partial charge in [-0.15, -0.1) is 11.8 Å². The van der Waals surface area contributed by atoms with Gasteiger partial charge in [-0.1, -0.05) is 10.3 Å². The minimum Gasteiger partial charge on any atom is -0.361 e. The first kappa shape index (κ1) is 23.0. The second kappa shape index (κ2) is 10.2. The van der Waals surface area contributed by atoms with Gasteiger partial charge in [0, 0.05) is 49.8 Å².